The van der Waals surface area contributed by atoms with E-state index in [0.717, 1.165) is 5.56 Å². The Morgan fingerprint density at radius 2 is 1.59 bits per heavy atom. The lowest BCUT2D eigenvalue weighted by molar-refractivity contribution is 0.0977. The Labute approximate surface area is 226 Å². The number of amides is 1. The Morgan fingerprint density at radius 1 is 0.919 bits per heavy atom. The molecule has 4 rings (SSSR count). The number of hydrogen-bond acceptors (Lipinski definition) is 6. The first-order valence-electron chi connectivity index (χ1n) is 11.6. The molecule has 0 unspecified atom stereocenters. The summed E-state index contributed by atoms with van der Waals surface area (Å²) < 4.78 is 40.5. The molecule has 3 aromatic rings. The van der Waals surface area contributed by atoms with E-state index in [4.69, 9.17) is 32.7 Å². The van der Waals surface area contributed by atoms with Gasteiger partial charge in [0.2, 0.25) is 0 Å². The van der Waals surface area contributed by atoms with Crippen LogP contribution in [0.2, 0.25) is 10.0 Å². The molecule has 0 aromatic heterocycles. The van der Waals surface area contributed by atoms with E-state index in [9.17, 15) is 13.2 Å². The lowest BCUT2D eigenvalue weighted by Gasteiger charge is -2.31. The first kappa shape index (κ1) is 27.2. The molecule has 1 saturated heterocycles. The average Bonchev–Trinajstić information content (AvgIpc) is 2.87. The molecule has 1 heterocycles. The smallest absolute Gasteiger partial charge is 0.304 e. The molecule has 1 aliphatic heterocycles. The zero-order valence-corrected chi connectivity index (χ0v) is 22.7. The summed E-state index contributed by atoms with van der Waals surface area (Å²) in [5.74, 6) is 0.756. The standard InChI is InChI=1S/C26H27Cl2N3O5S/c1-18(19-7-6-10-21(17-19)36-20-8-4-3-5-9-20)35-23-12-11-22(24(27)25(23)28)26(32)29-37(33,34)31-15-13-30(2)14-16-31/h3-12,17-18H,13-16H2,1-2H3,(H,29,32)/t18-/m1/s1. The van der Waals surface area contributed by atoms with E-state index in [1.165, 1.54) is 16.4 Å². The van der Waals surface area contributed by atoms with Crippen LogP contribution in [0.25, 0.3) is 0 Å². The van der Waals surface area contributed by atoms with E-state index in [0.29, 0.717) is 24.6 Å². The number of hydrogen-bond donors (Lipinski definition) is 1. The van der Waals surface area contributed by atoms with Crippen LogP contribution >= 0.6 is 23.2 Å². The van der Waals surface area contributed by atoms with Crippen LogP contribution in [0.15, 0.2) is 66.7 Å². The fourth-order valence-corrected chi connectivity index (χ4v) is 5.35. The molecular formula is C26H27Cl2N3O5S. The molecule has 0 radical (unpaired) electrons. The average molecular weight is 564 g/mol. The minimum absolute atomic E-state index is 0.00912. The molecule has 0 saturated carbocycles. The van der Waals surface area contributed by atoms with Crippen LogP contribution in [-0.2, 0) is 10.2 Å². The molecule has 1 amide bonds. The SMILES string of the molecule is C[C@@H](Oc1ccc(C(=O)NS(=O)(=O)N2CCN(C)CC2)c(Cl)c1Cl)c1cccc(Oc2ccccc2)c1. The number of benzene rings is 3. The third-order valence-corrected chi connectivity index (χ3v) is 8.28. The number of rotatable bonds is 8. The highest BCUT2D eigenvalue weighted by Gasteiger charge is 2.29. The molecule has 8 nitrogen and oxygen atoms in total. The zero-order chi connectivity index (χ0) is 26.6. The van der Waals surface area contributed by atoms with E-state index in [-0.39, 0.29) is 34.4 Å². The maximum absolute atomic E-state index is 12.8. The topological polar surface area (TPSA) is 88.2 Å². The van der Waals surface area contributed by atoms with E-state index in [1.807, 2.05) is 73.5 Å². The van der Waals surface area contributed by atoms with Gasteiger partial charge in [-0.3, -0.25) is 4.79 Å². The summed E-state index contributed by atoms with van der Waals surface area (Å²) in [4.78, 5) is 14.8. The van der Waals surface area contributed by atoms with Crippen molar-refractivity contribution in [1.82, 2.24) is 13.9 Å². The van der Waals surface area contributed by atoms with Gasteiger partial charge in [-0.25, -0.2) is 4.72 Å². The van der Waals surface area contributed by atoms with Crippen LogP contribution in [0, 0.1) is 0 Å². The van der Waals surface area contributed by atoms with Gasteiger partial charge in [0, 0.05) is 26.2 Å². The van der Waals surface area contributed by atoms with Crippen LogP contribution in [0.3, 0.4) is 0 Å². The zero-order valence-electron chi connectivity index (χ0n) is 20.4. The second-order valence-corrected chi connectivity index (χ2v) is 11.1. The van der Waals surface area contributed by atoms with Gasteiger partial charge in [-0.2, -0.15) is 12.7 Å². The molecule has 0 aliphatic carbocycles. The van der Waals surface area contributed by atoms with Gasteiger partial charge in [-0.05, 0) is 55.9 Å². The van der Waals surface area contributed by atoms with E-state index in [1.54, 1.807) is 0 Å². The number of nitrogens with one attached hydrogen (secondary N) is 1. The van der Waals surface area contributed by atoms with Gasteiger partial charge in [0.05, 0.1) is 10.6 Å². The predicted octanol–water partition coefficient (Wildman–Crippen LogP) is 5.15. The Balaban J connectivity index is 1.45. The lowest BCUT2D eigenvalue weighted by Crippen LogP contribution is -2.52. The van der Waals surface area contributed by atoms with Gasteiger partial charge < -0.3 is 14.4 Å². The number of para-hydroxylation sites is 1. The quantitative estimate of drug-likeness (QED) is 0.408. The minimum atomic E-state index is -4.01. The fourth-order valence-electron chi connectivity index (χ4n) is 3.78. The van der Waals surface area contributed by atoms with Gasteiger partial charge in [-0.15, -0.1) is 0 Å². The van der Waals surface area contributed by atoms with Gasteiger partial charge in [0.1, 0.15) is 28.4 Å². The van der Waals surface area contributed by atoms with Gasteiger partial charge >= 0.3 is 10.2 Å². The largest absolute Gasteiger partial charge is 0.484 e. The van der Waals surface area contributed by atoms with Crippen LogP contribution in [0.1, 0.15) is 28.9 Å². The summed E-state index contributed by atoms with van der Waals surface area (Å²) in [7, 11) is -2.11. The molecule has 0 spiro atoms. The summed E-state index contributed by atoms with van der Waals surface area (Å²) >= 11 is 12.8. The van der Waals surface area contributed by atoms with Crippen molar-refractivity contribution in [2.24, 2.45) is 0 Å². The first-order valence-corrected chi connectivity index (χ1v) is 13.8. The highest BCUT2D eigenvalue weighted by molar-refractivity contribution is 7.87. The third kappa shape index (κ3) is 6.74. The Kier molecular flexibility index (Phi) is 8.61. The normalized spacial score (nSPS) is 15.7. The number of piperazine rings is 1. The van der Waals surface area contributed by atoms with Gasteiger partial charge in [0.15, 0.2) is 0 Å². The van der Waals surface area contributed by atoms with Crippen molar-refractivity contribution in [3.8, 4) is 17.2 Å². The molecule has 11 heteroatoms. The highest BCUT2D eigenvalue weighted by atomic mass is 35.5. The minimum Gasteiger partial charge on any atom is -0.484 e. The molecular weight excluding hydrogens is 537 g/mol. The lowest BCUT2D eigenvalue weighted by atomic mass is 10.1. The molecule has 3 aromatic carbocycles. The van der Waals surface area contributed by atoms with E-state index >= 15 is 0 Å². The van der Waals surface area contributed by atoms with Crippen molar-refractivity contribution in [1.29, 1.82) is 0 Å². The van der Waals surface area contributed by atoms with Crippen LogP contribution in [-0.4, -0.2) is 56.8 Å². The number of carbonyl (C=O) groups is 1. The summed E-state index contributed by atoms with van der Waals surface area (Å²) in [6.07, 6.45) is -0.426. The summed E-state index contributed by atoms with van der Waals surface area (Å²) in [6, 6.07) is 19.8. The Morgan fingerprint density at radius 3 is 2.30 bits per heavy atom. The number of ether oxygens (including phenoxy) is 2. The molecule has 196 valence electrons. The number of halogens is 2. The maximum Gasteiger partial charge on any atom is 0.304 e. The monoisotopic (exact) mass is 563 g/mol. The van der Waals surface area contributed by atoms with Crippen LogP contribution in [0.4, 0.5) is 0 Å². The molecule has 1 fully saturated rings. The van der Waals surface area contributed by atoms with E-state index in [2.05, 4.69) is 4.72 Å². The maximum atomic E-state index is 12.8. The summed E-state index contributed by atoms with van der Waals surface area (Å²) in [6.45, 7) is 3.57. The van der Waals surface area contributed by atoms with Crippen molar-refractivity contribution in [2.45, 2.75) is 13.0 Å². The fraction of sp³-hybridized carbons (Fsp3) is 0.269. The second kappa shape index (κ2) is 11.7. The van der Waals surface area contributed by atoms with E-state index < -0.39 is 22.2 Å². The molecule has 0 bridgehead atoms. The number of nitrogens with zero attached hydrogens (tertiary/aromatic N) is 2. The number of likely N-dealkylation sites (N-methyl/N-ethyl adjacent to an activating group) is 1. The Hall–Kier alpha value is -2.82. The van der Waals surface area contributed by atoms with Crippen molar-refractivity contribution in [3.05, 3.63) is 87.9 Å². The second-order valence-electron chi connectivity index (χ2n) is 8.63. The number of carbonyl (C=O) groups excluding carboxylic acids is 1. The van der Waals surface area contributed by atoms with Gasteiger partial charge in [0.25, 0.3) is 5.91 Å². The molecule has 1 atom stereocenters. The third-order valence-electron chi connectivity index (χ3n) is 5.93. The van der Waals surface area contributed by atoms with Gasteiger partial charge in [-0.1, -0.05) is 53.5 Å². The predicted molar refractivity (Wildman–Crippen MR) is 144 cm³/mol. The first-order chi connectivity index (χ1) is 17.6. The summed E-state index contributed by atoms with van der Waals surface area (Å²) in [5, 5.41) is -0.0894. The van der Waals surface area contributed by atoms with Crippen molar-refractivity contribution in [2.75, 3.05) is 33.2 Å². The summed E-state index contributed by atoms with van der Waals surface area (Å²) in [5.41, 5.74) is 0.767. The molecule has 1 aliphatic rings. The highest BCUT2D eigenvalue weighted by Crippen LogP contribution is 2.37. The van der Waals surface area contributed by atoms with Crippen LogP contribution in [0.5, 0.6) is 17.2 Å². The van der Waals surface area contributed by atoms with Crippen molar-refractivity contribution < 1.29 is 22.7 Å². The van der Waals surface area contributed by atoms with Crippen molar-refractivity contribution in [3.63, 3.8) is 0 Å². The molecule has 1 N–H and O–H groups in total. The van der Waals surface area contributed by atoms with Crippen molar-refractivity contribution >= 4 is 39.3 Å². The Bertz CT molecular complexity index is 1360. The molecule has 37 heavy (non-hydrogen) atoms. The van der Waals surface area contributed by atoms with Crippen LogP contribution < -0.4 is 14.2 Å².